The number of rotatable bonds is 12. The first-order valence-corrected chi connectivity index (χ1v) is 11.8. The van der Waals surface area contributed by atoms with E-state index in [0.717, 1.165) is 0 Å². The standard InChI is InChI=1S/C21H27ClN4O6S/c1-13-11-19(14(2)10-17(13)22)33(29,30)26-18(20(27)28)12-15-4-6-16(7-5-15)31-8-3-9-32-25-21(23)24/h4-7,10-11,18,26H,3,8-9,12H2,1-2H3,(H,27,28)(H4,23,24,25). The van der Waals surface area contributed by atoms with Gasteiger partial charge in [-0.25, -0.2) is 8.42 Å². The molecule has 0 amide bonds. The first-order valence-electron chi connectivity index (χ1n) is 9.94. The maximum absolute atomic E-state index is 12.8. The van der Waals surface area contributed by atoms with Crippen LogP contribution in [0.15, 0.2) is 46.4 Å². The number of hydrogen-bond donors (Lipinski definition) is 4. The fraction of sp³-hybridized carbons (Fsp3) is 0.333. The number of carboxylic acid groups (broad SMARTS) is 1. The largest absolute Gasteiger partial charge is 0.493 e. The average Bonchev–Trinajstić information content (AvgIpc) is 2.73. The second-order valence-electron chi connectivity index (χ2n) is 7.28. The highest BCUT2D eigenvalue weighted by Gasteiger charge is 2.27. The number of aliphatic carboxylic acids is 1. The molecule has 180 valence electrons. The monoisotopic (exact) mass is 498 g/mol. The number of carbonyl (C=O) groups is 1. The number of nitrogens with one attached hydrogen (secondary N) is 1. The van der Waals surface area contributed by atoms with Crippen molar-refractivity contribution in [3.05, 3.63) is 58.1 Å². The van der Waals surface area contributed by atoms with Crippen molar-refractivity contribution in [3.8, 4) is 5.75 Å². The zero-order chi connectivity index (χ0) is 24.6. The van der Waals surface area contributed by atoms with Crippen LogP contribution < -0.4 is 20.9 Å². The van der Waals surface area contributed by atoms with Gasteiger partial charge in [-0.15, -0.1) is 0 Å². The number of nitrogens with two attached hydrogens (primary N) is 2. The number of carboxylic acids is 1. The molecule has 0 saturated carbocycles. The van der Waals surface area contributed by atoms with Gasteiger partial charge < -0.3 is 26.1 Å². The third kappa shape index (κ3) is 8.12. The molecule has 6 N–H and O–H groups in total. The number of halogens is 1. The van der Waals surface area contributed by atoms with E-state index in [1.54, 1.807) is 38.1 Å². The molecule has 0 aliphatic rings. The molecule has 2 aromatic carbocycles. The first-order chi connectivity index (χ1) is 15.5. The van der Waals surface area contributed by atoms with Gasteiger partial charge in [0.25, 0.3) is 0 Å². The maximum atomic E-state index is 12.8. The molecule has 2 aromatic rings. The van der Waals surface area contributed by atoms with Gasteiger partial charge in [0.1, 0.15) is 18.4 Å². The molecule has 0 fully saturated rings. The number of sulfonamides is 1. The van der Waals surface area contributed by atoms with Crippen molar-refractivity contribution in [1.82, 2.24) is 4.72 Å². The normalized spacial score (nSPS) is 12.1. The van der Waals surface area contributed by atoms with E-state index in [1.165, 1.54) is 12.1 Å². The van der Waals surface area contributed by atoms with Gasteiger partial charge in [0.15, 0.2) is 0 Å². The molecule has 0 aliphatic heterocycles. The third-order valence-electron chi connectivity index (χ3n) is 4.52. The Labute approximate surface area is 197 Å². The number of nitrogens with zero attached hydrogens (tertiary/aromatic N) is 1. The number of ether oxygens (including phenoxy) is 1. The van der Waals surface area contributed by atoms with Crippen LogP contribution in [0.1, 0.15) is 23.1 Å². The highest BCUT2D eigenvalue weighted by Crippen LogP contribution is 2.24. The molecule has 33 heavy (non-hydrogen) atoms. The predicted octanol–water partition coefficient (Wildman–Crippen LogP) is 1.90. The van der Waals surface area contributed by atoms with Crippen LogP contribution in [0.5, 0.6) is 5.75 Å². The van der Waals surface area contributed by atoms with Crippen LogP contribution in [-0.4, -0.2) is 44.7 Å². The number of hydrogen-bond acceptors (Lipinski definition) is 6. The summed E-state index contributed by atoms with van der Waals surface area (Å²) in [4.78, 5) is 16.6. The van der Waals surface area contributed by atoms with Crippen molar-refractivity contribution >= 4 is 33.6 Å². The summed E-state index contributed by atoms with van der Waals surface area (Å²) in [5, 5.41) is 13.4. The molecular weight excluding hydrogens is 472 g/mol. The lowest BCUT2D eigenvalue weighted by Gasteiger charge is -2.17. The topological polar surface area (TPSA) is 166 Å². The Morgan fingerprint density at radius 1 is 1.15 bits per heavy atom. The number of oxime groups is 1. The minimum absolute atomic E-state index is 0.0109. The van der Waals surface area contributed by atoms with Gasteiger partial charge in [-0.05, 0) is 66.4 Å². The fourth-order valence-electron chi connectivity index (χ4n) is 2.87. The quantitative estimate of drug-likeness (QED) is 0.149. The summed E-state index contributed by atoms with van der Waals surface area (Å²) in [7, 11) is -4.08. The van der Waals surface area contributed by atoms with Gasteiger partial charge in [0.05, 0.1) is 11.5 Å². The summed E-state index contributed by atoms with van der Waals surface area (Å²) in [5.41, 5.74) is 11.9. The van der Waals surface area contributed by atoms with E-state index in [-0.39, 0.29) is 23.9 Å². The average molecular weight is 499 g/mol. The van der Waals surface area contributed by atoms with Crippen LogP contribution in [0.2, 0.25) is 5.02 Å². The Bertz CT molecular complexity index is 1100. The Morgan fingerprint density at radius 2 is 1.82 bits per heavy atom. The second-order valence-corrected chi connectivity index (χ2v) is 9.37. The lowest BCUT2D eigenvalue weighted by Crippen LogP contribution is -2.42. The fourth-order valence-corrected chi connectivity index (χ4v) is 4.58. The minimum Gasteiger partial charge on any atom is -0.493 e. The van der Waals surface area contributed by atoms with Gasteiger partial charge in [-0.3, -0.25) is 4.79 Å². The Hall–Kier alpha value is -3.02. The number of aryl methyl sites for hydroxylation is 2. The van der Waals surface area contributed by atoms with Gasteiger partial charge in [-0.1, -0.05) is 23.7 Å². The zero-order valence-electron chi connectivity index (χ0n) is 18.2. The Kier molecular flexibility index (Phi) is 9.32. The maximum Gasteiger partial charge on any atom is 0.322 e. The van der Waals surface area contributed by atoms with E-state index in [2.05, 4.69) is 9.88 Å². The van der Waals surface area contributed by atoms with Crippen LogP contribution in [0.4, 0.5) is 0 Å². The Morgan fingerprint density at radius 3 is 2.42 bits per heavy atom. The van der Waals surface area contributed by atoms with E-state index in [9.17, 15) is 18.3 Å². The van der Waals surface area contributed by atoms with Crippen molar-refractivity contribution in [1.29, 1.82) is 0 Å². The van der Waals surface area contributed by atoms with Crippen LogP contribution in [0, 0.1) is 13.8 Å². The van der Waals surface area contributed by atoms with Crippen molar-refractivity contribution in [2.24, 2.45) is 16.6 Å². The molecule has 0 bridgehead atoms. The molecule has 0 spiro atoms. The van der Waals surface area contributed by atoms with Gasteiger partial charge in [-0.2, -0.15) is 4.72 Å². The highest BCUT2D eigenvalue weighted by molar-refractivity contribution is 7.89. The second kappa shape index (κ2) is 11.7. The number of guanidine groups is 1. The molecule has 0 aromatic heterocycles. The summed E-state index contributed by atoms with van der Waals surface area (Å²) in [6.07, 6.45) is 0.498. The van der Waals surface area contributed by atoms with E-state index in [1.807, 2.05) is 0 Å². The summed E-state index contributed by atoms with van der Waals surface area (Å²) < 4.78 is 33.5. The molecule has 0 radical (unpaired) electrons. The van der Waals surface area contributed by atoms with E-state index in [4.69, 9.17) is 32.6 Å². The van der Waals surface area contributed by atoms with E-state index in [0.29, 0.717) is 40.5 Å². The summed E-state index contributed by atoms with van der Waals surface area (Å²) in [5.74, 6) is -0.879. The summed E-state index contributed by atoms with van der Waals surface area (Å²) >= 11 is 6.04. The van der Waals surface area contributed by atoms with Crippen LogP contribution in [0.3, 0.4) is 0 Å². The molecule has 2 rings (SSSR count). The van der Waals surface area contributed by atoms with E-state index < -0.39 is 22.0 Å². The van der Waals surface area contributed by atoms with Crippen molar-refractivity contribution in [3.63, 3.8) is 0 Å². The molecule has 1 atom stereocenters. The third-order valence-corrected chi connectivity index (χ3v) is 6.54. The summed E-state index contributed by atoms with van der Waals surface area (Å²) in [6.45, 7) is 3.91. The summed E-state index contributed by atoms with van der Waals surface area (Å²) in [6, 6.07) is 8.30. The highest BCUT2D eigenvalue weighted by atomic mass is 35.5. The Balaban J connectivity index is 2.00. The molecule has 12 heteroatoms. The van der Waals surface area contributed by atoms with Crippen molar-refractivity contribution < 1.29 is 27.9 Å². The van der Waals surface area contributed by atoms with Crippen molar-refractivity contribution in [2.75, 3.05) is 13.2 Å². The molecule has 0 saturated heterocycles. The molecule has 0 heterocycles. The van der Waals surface area contributed by atoms with Crippen LogP contribution in [-0.2, 0) is 26.1 Å². The van der Waals surface area contributed by atoms with E-state index >= 15 is 0 Å². The van der Waals surface area contributed by atoms with Crippen molar-refractivity contribution in [2.45, 2.75) is 37.6 Å². The van der Waals surface area contributed by atoms with Gasteiger partial charge in [0, 0.05) is 11.4 Å². The molecule has 10 nitrogen and oxygen atoms in total. The number of benzene rings is 2. The van der Waals surface area contributed by atoms with Crippen LogP contribution >= 0.6 is 11.6 Å². The SMILES string of the molecule is Cc1cc(S(=O)(=O)NC(Cc2ccc(OCCCON=C(N)N)cc2)C(=O)O)c(C)cc1Cl. The lowest BCUT2D eigenvalue weighted by molar-refractivity contribution is -0.138. The molecular formula is C21H27ClN4O6S. The zero-order valence-corrected chi connectivity index (χ0v) is 19.8. The van der Waals surface area contributed by atoms with Gasteiger partial charge >= 0.3 is 5.97 Å². The lowest BCUT2D eigenvalue weighted by atomic mass is 10.1. The molecule has 1 unspecified atom stereocenters. The smallest absolute Gasteiger partial charge is 0.322 e. The first kappa shape index (κ1) is 26.2. The van der Waals surface area contributed by atoms with Crippen LogP contribution in [0.25, 0.3) is 0 Å². The molecule has 0 aliphatic carbocycles. The van der Waals surface area contributed by atoms with Gasteiger partial charge in [0.2, 0.25) is 16.0 Å². The minimum atomic E-state index is -4.08. The predicted molar refractivity (Wildman–Crippen MR) is 125 cm³/mol.